The monoisotopic (exact) mass is 274 g/mol. The molecule has 1 N–H and O–H groups in total. The van der Waals surface area contributed by atoms with E-state index in [-0.39, 0.29) is 0 Å². The molecular weight excluding hydrogens is 264 g/mol. The second kappa shape index (κ2) is 4.47. The molecule has 0 aromatic carbocycles. The minimum Gasteiger partial charge on any atom is -0.341 e. The zero-order chi connectivity index (χ0) is 13.4. The molecule has 3 aromatic heterocycles. The molecule has 0 fully saturated rings. The minimum absolute atomic E-state index is 0.582. The van der Waals surface area contributed by atoms with E-state index in [0.717, 1.165) is 16.8 Å². The molecule has 3 rings (SSSR count). The summed E-state index contributed by atoms with van der Waals surface area (Å²) < 4.78 is 1.67. The number of hydrogen-bond acceptors (Lipinski definition) is 6. The molecule has 0 atom stereocenters. The van der Waals surface area contributed by atoms with Crippen molar-refractivity contribution in [2.24, 2.45) is 7.05 Å². The van der Waals surface area contributed by atoms with Gasteiger partial charge in [-0.2, -0.15) is 5.10 Å². The molecule has 19 heavy (non-hydrogen) atoms. The summed E-state index contributed by atoms with van der Waals surface area (Å²) in [5, 5.41) is 5.71. The first kappa shape index (κ1) is 11.8. The lowest BCUT2D eigenvalue weighted by Crippen LogP contribution is -1.95. The van der Waals surface area contributed by atoms with Crippen LogP contribution >= 0.6 is 11.8 Å². The molecule has 0 spiro atoms. The van der Waals surface area contributed by atoms with E-state index >= 15 is 0 Å². The summed E-state index contributed by atoms with van der Waals surface area (Å²) in [6, 6.07) is 0. The fraction of sp³-hybridized carbons (Fsp3) is 0.182. The number of H-pyrrole nitrogens is 1. The molecule has 0 saturated carbocycles. The number of aromatic nitrogens is 6. The van der Waals surface area contributed by atoms with Crippen molar-refractivity contribution in [3.8, 4) is 0 Å². The van der Waals surface area contributed by atoms with Crippen LogP contribution in [0.2, 0.25) is 0 Å². The Morgan fingerprint density at radius 1 is 1.37 bits per heavy atom. The van der Waals surface area contributed by atoms with Gasteiger partial charge in [-0.25, -0.2) is 15.0 Å². The molecule has 3 aromatic rings. The van der Waals surface area contributed by atoms with Crippen molar-refractivity contribution in [3.63, 3.8) is 0 Å². The third kappa shape index (κ3) is 1.89. The molecular formula is C11H10N6OS. The lowest BCUT2D eigenvalue weighted by Gasteiger charge is -2.02. The third-order valence-electron chi connectivity index (χ3n) is 2.71. The highest BCUT2D eigenvalue weighted by molar-refractivity contribution is 7.99. The Morgan fingerprint density at radius 3 is 3.00 bits per heavy atom. The Labute approximate surface area is 112 Å². The van der Waals surface area contributed by atoms with Crippen LogP contribution in [0, 0.1) is 6.92 Å². The summed E-state index contributed by atoms with van der Waals surface area (Å²) in [6.07, 6.45) is 3.84. The molecule has 96 valence electrons. The van der Waals surface area contributed by atoms with Crippen LogP contribution in [0.4, 0.5) is 0 Å². The number of aryl methyl sites for hydroxylation is 2. The Hall–Kier alpha value is -2.22. The molecule has 0 bridgehead atoms. The summed E-state index contributed by atoms with van der Waals surface area (Å²) in [7, 11) is 1.80. The number of rotatable bonds is 3. The number of carbonyl (C=O) groups is 1. The minimum atomic E-state index is 0.582. The maximum absolute atomic E-state index is 11.1. The Balaban J connectivity index is 2.11. The second-order valence-corrected chi connectivity index (χ2v) is 4.91. The number of fused-ring (bicyclic) bond motifs is 1. The van der Waals surface area contributed by atoms with Gasteiger partial charge in [0.25, 0.3) is 0 Å². The fourth-order valence-corrected chi connectivity index (χ4v) is 2.84. The van der Waals surface area contributed by atoms with Crippen LogP contribution in [0.3, 0.4) is 0 Å². The van der Waals surface area contributed by atoms with Crippen molar-refractivity contribution in [1.82, 2.24) is 29.7 Å². The van der Waals surface area contributed by atoms with E-state index in [1.807, 2.05) is 0 Å². The molecule has 0 unspecified atom stereocenters. The summed E-state index contributed by atoms with van der Waals surface area (Å²) in [5.74, 6) is 0. The average molecular weight is 274 g/mol. The number of aldehydes is 1. The highest BCUT2D eigenvalue weighted by atomic mass is 32.2. The number of imidazole rings is 1. The van der Waals surface area contributed by atoms with Crippen LogP contribution in [0.5, 0.6) is 0 Å². The van der Waals surface area contributed by atoms with Gasteiger partial charge in [0.1, 0.15) is 21.9 Å². The summed E-state index contributed by atoms with van der Waals surface area (Å²) in [4.78, 5) is 26.5. The second-order valence-electron chi connectivity index (χ2n) is 3.93. The van der Waals surface area contributed by atoms with E-state index in [4.69, 9.17) is 0 Å². The number of carbonyl (C=O) groups excluding carboxylic acids is 1. The van der Waals surface area contributed by atoms with Crippen molar-refractivity contribution in [3.05, 3.63) is 23.9 Å². The third-order valence-corrected chi connectivity index (χ3v) is 3.89. The van der Waals surface area contributed by atoms with E-state index < -0.39 is 0 Å². The Kier molecular flexibility index (Phi) is 2.79. The lowest BCUT2D eigenvalue weighted by atomic mass is 10.3. The highest BCUT2D eigenvalue weighted by Gasteiger charge is 2.16. The fourth-order valence-electron chi connectivity index (χ4n) is 1.82. The Morgan fingerprint density at radius 2 is 2.21 bits per heavy atom. The van der Waals surface area contributed by atoms with Crippen LogP contribution in [-0.2, 0) is 7.05 Å². The smallest absolute Gasteiger partial charge is 0.181 e. The van der Waals surface area contributed by atoms with Crippen molar-refractivity contribution in [1.29, 1.82) is 0 Å². The van der Waals surface area contributed by atoms with E-state index in [2.05, 4.69) is 25.0 Å². The molecule has 0 aliphatic heterocycles. The molecule has 0 amide bonds. The van der Waals surface area contributed by atoms with Crippen molar-refractivity contribution >= 4 is 29.2 Å². The maximum Gasteiger partial charge on any atom is 0.181 e. The van der Waals surface area contributed by atoms with Crippen molar-refractivity contribution in [2.45, 2.75) is 17.0 Å². The lowest BCUT2D eigenvalue weighted by molar-refractivity contribution is 0.112. The zero-order valence-electron chi connectivity index (χ0n) is 10.3. The molecule has 3 heterocycles. The van der Waals surface area contributed by atoms with Gasteiger partial charge in [-0.3, -0.25) is 9.48 Å². The standard InChI is InChI=1S/C11H10N6OS/c1-6-7(3-18)11(17(2)16-6)19-10-8-9(13-4-12-8)14-5-15-10/h3-5H,1-2H3,(H,12,13,14,15). The van der Waals surface area contributed by atoms with E-state index in [9.17, 15) is 4.79 Å². The maximum atomic E-state index is 11.1. The number of hydrogen-bond donors (Lipinski definition) is 1. The van der Waals surface area contributed by atoms with Gasteiger partial charge in [0.2, 0.25) is 0 Å². The normalized spacial score (nSPS) is 11.1. The van der Waals surface area contributed by atoms with Crippen molar-refractivity contribution < 1.29 is 4.79 Å². The molecule has 8 heteroatoms. The van der Waals surface area contributed by atoms with Crippen LogP contribution in [0.25, 0.3) is 11.2 Å². The van der Waals surface area contributed by atoms with Gasteiger partial charge in [-0.05, 0) is 18.7 Å². The van der Waals surface area contributed by atoms with Crippen molar-refractivity contribution in [2.75, 3.05) is 0 Å². The predicted octanol–water partition coefficient (Wildman–Crippen LogP) is 1.36. The zero-order valence-corrected chi connectivity index (χ0v) is 11.1. The first-order valence-electron chi connectivity index (χ1n) is 5.51. The molecule has 0 saturated heterocycles. The quantitative estimate of drug-likeness (QED) is 0.573. The summed E-state index contributed by atoms with van der Waals surface area (Å²) >= 11 is 1.37. The molecule has 7 nitrogen and oxygen atoms in total. The number of nitrogens with one attached hydrogen (secondary N) is 1. The van der Waals surface area contributed by atoms with Gasteiger partial charge in [0.05, 0.1) is 17.6 Å². The van der Waals surface area contributed by atoms with Crippen LogP contribution in [-0.4, -0.2) is 36.0 Å². The van der Waals surface area contributed by atoms with Gasteiger partial charge in [0.15, 0.2) is 11.9 Å². The molecule has 0 aliphatic rings. The van der Waals surface area contributed by atoms with Gasteiger partial charge < -0.3 is 4.98 Å². The van der Waals surface area contributed by atoms with Crippen LogP contribution < -0.4 is 0 Å². The van der Waals surface area contributed by atoms with Gasteiger partial charge in [-0.1, -0.05) is 0 Å². The van der Waals surface area contributed by atoms with Crippen LogP contribution in [0.15, 0.2) is 22.7 Å². The van der Waals surface area contributed by atoms with E-state index in [1.165, 1.54) is 18.1 Å². The first-order chi connectivity index (χ1) is 9.20. The highest BCUT2D eigenvalue weighted by Crippen LogP contribution is 2.32. The van der Waals surface area contributed by atoms with Gasteiger partial charge >= 0.3 is 0 Å². The largest absolute Gasteiger partial charge is 0.341 e. The topological polar surface area (TPSA) is 89.3 Å². The SMILES string of the molecule is Cc1nn(C)c(Sc2ncnc3nc[nH]c23)c1C=O. The van der Waals surface area contributed by atoms with E-state index in [0.29, 0.717) is 21.9 Å². The number of aromatic amines is 1. The first-order valence-corrected chi connectivity index (χ1v) is 6.33. The molecule has 0 radical (unpaired) electrons. The number of nitrogens with zero attached hydrogens (tertiary/aromatic N) is 5. The predicted molar refractivity (Wildman–Crippen MR) is 69.1 cm³/mol. The van der Waals surface area contributed by atoms with Gasteiger partial charge in [0, 0.05) is 7.05 Å². The Bertz CT molecular complexity index is 762. The summed E-state index contributed by atoms with van der Waals surface area (Å²) in [5.41, 5.74) is 2.64. The summed E-state index contributed by atoms with van der Waals surface area (Å²) in [6.45, 7) is 1.81. The van der Waals surface area contributed by atoms with Crippen LogP contribution in [0.1, 0.15) is 16.1 Å². The average Bonchev–Trinajstić information content (AvgIpc) is 2.96. The van der Waals surface area contributed by atoms with Gasteiger partial charge in [-0.15, -0.1) is 0 Å². The molecule has 0 aliphatic carbocycles. The van der Waals surface area contributed by atoms with E-state index in [1.54, 1.807) is 25.0 Å².